The average Bonchev–Trinajstić information content (AvgIpc) is 3.74. The molecule has 0 aromatic carbocycles. The highest BCUT2D eigenvalue weighted by Gasteiger charge is 2.26. The molecule has 0 spiro atoms. The van der Waals surface area contributed by atoms with Crippen LogP contribution in [-0.4, -0.2) is 49.3 Å². The normalized spacial score (nSPS) is 13.4. The zero-order valence-electron chi connectivity index (χ0n) is 59.6. The van der Waals surface area contributed by atoms with Gasteiger partial charge in [-0.1, -0.05) is 361 Å². The maximum absolute atomic E-state index is 12.8. The molecule has 0 heterocycles. The summed E-state index contributed by atoms with van der Waals surface area (Å²) in [5.74, 6) is -0.811. The number of phosphoric ester groups is 1. The SMILES string of the molecule is CC/C=C\C/C=C\C/C=C\C/C=C\C/C=C\CCCCCCCCCCCCCCCCCCCC(=O)OC(COC(=O)CCCCCCCCCCCCCCCCCCCCCCCC/C=C\C/C=C\C/C=C\CCCCCCC)COP(=O)(O)OCCN. The highest BCUT2D eigenvalue weighted by atomic mass is 31.2. The molecule has 0 amide bonds. The van der Waals surface area contributed by atoms with E-state index in [4.69, 9.17) is 24.3 Å². The molecule has 0 aromatic heterocycles. The Bertz CT molecular complexity index is 1820. The second-order valence-electron chi connectivity index (χ2n) is 25.8. The average molecular weight is 1290 g/mol. The van der Waals surface area contributed by atoms with Gasteiger partial charge in [-0.05, 0) is 96.3 Å². The number of rotatable bonds is 73. The number of phosphoric acid groups is 1. The molecule has 0 rings (SSSR count). The van der Waals surface area contributed by atoms with E-state index in [0.29, 0.717) is 6.42 Å². The second kappa shape index (κ2) is 76.0. The minimum atomic E-state index is -4.40. The Morgan fingerprint density at radius 3 is 0.901 bits per heavy atom. The minimum absolute atomic E-state index is 0.0528. The second-order valence-corrected chi connectivity index (χ2v) is 27.3. The lowest BCUT2D eigenvalue weighted by molar-refractivity contribution is -0.161. The molecule has 0 aliphatic carbocycles. The summed E-state index contributed by atoms with van der Waals surface area (Å²) < 4.78 is 33.3. The van der Waals surface area contributed by atoms with Gasteiger partial charge in [-0.2, -0.15) is 0 Å². The van der Waals surface area contributed by atoms with Crippen molar-refractivity contribution in [2.45, 2.75) is 380 Å². The third-order valence-corrected chi connectivity index (χ3v) is 17.9. The van der Waals surface area contributed by atoms with Gasteiger partial charge in [0.2, 0.25) is 0 Å². The Labute approximate surface area is 563 Å². The molecule has 91 heavy (non-hydrogen) atoms. The number of carbonyl (C=O) groups is 2. The van der Waals surface area contributed by atoms with Crippen molar-refractivity contribution in [3.8, 4) is 0 Å². The molecule has 0 aliphatic heterocycles. The van der Waals surface area contributed by atoms with E-state index >= 15 is 0 Å². The summed E-state index contributed by atoms with van der Waals surface area (Å²) in [6.07, 6.45) is 104. The predicted molar refractivity (Wildman–Crippen MR) is 395 cm³/mol. The van der Waals surface area contributed by atoms with Crippen LogP contribution in [0, 0.1) is 0 Å². The van der Waals surface area contributed by atoms with E-state index in [1.807, 2.05) is 0 Å². The van der Waals surface area contributed by atoms with Crippen molar-refractivity contribution >= 4 is 19.8 Å². The molecule has 2 atom stereocenters. The Balaban J connectivity index is 3.80. The Morgan fingerprint density at radius 2 is 0.604 bits per heavy atom. The zero-order chi connectivity index (χ0) is 65.8. The number of hydrogen-bond donors (Lipinski definition) is 2. The van der Waals surface area contributed by atoms with Gasteiger partial charge in [-0.25, -0.2) is 4.57 Å². The number of nitrogens with two attached hydrogens (primary N) is 1. The fourth-order valence-corrected chi connectivity index (χ4v) is 12.0. The molecule has 0 saturated heterocycles. The predicted octanol–water partition coefficient (Wildman–Crippen LogP) is 25.9. The summed E-state index contributed by atoms with van der Waals surface area (Å²) in [5, 5.41) is 0. The lowest BCUT2D eigenvalue weighted by Gasteiger charge is -2.19. The van der Waals surface area contributed by atoms with E-state index in [1.165, 1.54) is 257 Å². The Kier molecular flexibility index (Phi) is 73.4. The first-order valence-corrected chi connectivity index (χ1v) is 40.2. The van der Waals surface area contributed by atoms with Crippen LogP contribution in [0.25, 0.3) is 0 Å². The monoisotopic (exact) mass is 1290 g/mol. The van der Waals surface area contributed by atoms with Gasteiger partial charge in [0.15, 0.2) is 6.10 Å². The summed E-state index contributed by atoms with van der Waals surface area (Å²) in [7, 11) is -4.40. The number of carbonyl (C=O) groups excluding carboxylic acids is 2. The van der Waals surface area contributed by atoms with Crippen LogP contribution in [0.15, 0.2) is 97.2 Å². The molecule has 0 aliphatic rings. The largest absolute Gasteiger partial charge is 0.472 e. The lowest BCUT2D eigenvalue weighted by atomic mass is 10.0. The smallest absolute Gasteiger partial charge is 0.462 e. The molecule has 0 saturated carbocycles. The molecule has 528 valence electrons. The molecule has 10 heteroatoms. The molecule has 0 fully saturated rings. The van der Waals surface area contributed by atoms with E-state index in [9.17, 15) is 19.0 Å². The molecule has 3 N–H and O–H groups in total. The standard InChI is InChI=1S/C81H146NO8P/c1-3-5-7-9-11-13-15-17-19-21-23-25-27-29-31-33-35-37-38-39-40-42-43-45-47-49-51-53-55-57-59-61-63-65-67-69-71-73-80(83)87-77-79(78-89-91(85,86)88-76-75-82)90-81(84)74-72-70-68-66-64-62-60-58-56-54-52-50-48-46-44-41-36-34-32-30-28-26-24-22-20-18-16-14-12-10-8-6-4-2/h6,8,12,14-15,17-18,20-21,23-24,26-27,29-30,32,79H,3-5,7,9-11,13,16,19,22,25,28,31,33-78,82H2,1-2H3,(H,85,86)/b8-6-,14-12-,17-15-,20-18-,23-21-,26-24-,29-27-,32-30-. The molecular formula is C81H146NO8P. The van der Waals surface area contributed by atoms with Crippen molar-refractivity contribution in [3.05, 3.63) is 97.2 Å². The summed E-state index contributed by atoms with van der Waals surface area (Å²) in [4.78, 5) is 35.4. The molecule has 0 radical (unpaired) electrons. The van der Waals surface area contributed by atoms with Gasteiger partial charge >= 0.3 is 19.8 Å². The van der Waals surface area contributed by atoms with Crippen LogP contribution in [0.5, 0.6) is 0 Å². The van der Waals surface area contributed by atoms with Crippen molar-refractivity contribution in [3.63, 3.8) is 0 Å². The van der Waals surface area contributed by atoms with Gasteiger partial charge in [0, 0.05) is 19.4 Å². The summed E-state index contributed by atoms with van der Waals surface area (Å²) in [5.41, 5.74) is 5.41. The molecule has 0 aromatic rings. The minimum Gasteiger partial charge on any atom is -0.462 e. The van der Waals surface area contributed by atoms with Crippen molar-refractivity contribution in [2.75, 3.05) is 26.4 Å². The summed E-state index contributed by atoms with van der Waals surface area (Å²) in [6.45, 7) is 3.67. The number of esters is 2. The van der Waals surface area contributed by atoms with Gasteiger partial charge in [-0.15, -0.1) is 0 Å². The van der Waals surface area contributed by atoms with Crippen LogP contribution in [0.4, 0.5) is 0 Å². The Morgan fingerprint density at radius 1 is 0.341 bits per heavy atom. The maximum atomic E-state index is 12.8. The van der Waals surface area contributed by atoms with Gasteiger partial charge < -0.3 is 20.1 Å². The topological polar surface area (TPSA) is 134 Å². The van der Waals surface area contributed by atoms with Crippen LogP contribution in [0.2, 0.25) is 0 Å². The fraction of sp³-hybridized carbons (Fsp3) is 0.778. The van der Waals surface area contributed by atoms with Crippen LogP contribution in [0.3, 0.4) is 0 Å². The van der Waals surface area contributed by atoms with Crippen molar-refractivity contribution < 1.29 is 37.6 Å². The van der Waals surface area contributed by atoms with Crippen molar-refractivity contribution in [1.82, 2.24) is 0 Å². The van der Waals surface area contributed by atoms with Crippen LogP contribution >= 0.6 is 7.82 Å². The molecule has 0 bridgehead atoms. The number of ether oxygens (including phenoxy) is 2. The number of allylic oxidation sites excluding steroid dienone is 16. The number of unbranched alkanes of at least 4 members (excludes halogenated alkanes) is 44. The zero-order valence-corrected chi connectivity index (χ0v) is 60.5. The van der Waals surface area contributed by atoms with Crippen LogP contribution in [0.1, 0.15) is 373 Å². The maximum Gasteiger partial charge on any atom is 0.472 e. The third kappa shape index (κ3) is 75.8. The summed E-state index contributed by atoms with van der Waals surface area (Å²) >= 11 is 0. The van der Waals surface area contributed by atoms with E-state index in [2.05, 4.69) is 111 Å². The van der Waals surface area contributed by atoms with E-state index in [-0.39, 0.29) is 38.6 Å². The first-order chi connectivity index (χ1) is 44.8. The van der Waals surface area contributed by atoms with Crippen molar-refractivity contribution in [2.24, 2.45) is 5.73 Å². The summed E-state index contributed by atoms with van der Waals surface area (Å²) in [6, 6.07) is 0. The Hall–Kier alpha value is -3.07. The highest BCUT2D eigenvalue weighted by molar-refractivity contribution is 7.47. The quantitative estimate of drug-likeness (QED) is 0.0264. The van der Waals surface area contributed by atoms with E-state index in [0.717, 1.165) is 83.5 Å². The van der Waals surface area contributed by atoms with E-state index in [1.54, 1.807) is 0 Å². The first kappa shape index (κ1) is 87.9. The van der Waals surface area contributed by atoms with Crippen molar-refractivity contribution in [1.29, 1.82) is 0 Å². The molecule has 9 nitrogen and oxygen atoms in total. The van der Waals surface area contributed by atoms with Gasteiger partial charge in [-0.3, -0.25) is 18.6 Å². The van der Waals surface area contributed by atoms with Gasteiger partial charge in [0.25, 0.3) is 0 Å². The molecular weight excluding hydrogens is 1150 g/mol. The van der Waals surface area contributed by atoms with Gasteiger partial charge in [0.05, 0.1) is 13.2 Å². The van der Waals surface area contributed by atoms with Crippen LogP contribution in [-0.2, 0) is 32.7 Å². The van der Waals surface area contributed by atoms with Crippen LogP contribution < -0.4 is 5.73 Å². The number of hydrogen-bond acceptors (Lipinski definition) is 8. The first-order valence-electron chi connectivity index (χ1n) is 38.7. The highest BCUT2D eigenvalue weighted by Crippen LogP contribution is 2.43. The fourth-order valence-electron chi connectivity index (χ4n) is 11.3. The van der Waals surface area contributed by atoms with Gasteiger partial charge in [0.1, 0.15) is 6.61 Å². The lowest BCUT2D eigenvalue weighted by Crippen LogP contribution is -2.29. The van der Waals surface area contributed by atoms with E-state index < -0.39 is 26.5 Å². The third-order valence-electron chi connectivity index (χ3n) is 17.0. The molecule has 2 unspecified atom stereocenters.